The van der Waals surface area contributed by atoms with E-state index in [1.54, 1.807) is 0 Å². The van der Waals surface area contributed by atoms with Gasteiger partial charge in [0.2, 0.25) is 5.91 Å². The minimum atomic E-state index is -1.04. The van der Waals surface area contributed by atoms with Crippen LogP contribution in [0.5, 0.6) is 0 Å². The van der Waals surface area contributed by atoms with Gasteiger partial charge in [0.05, 0.1) is 5.71 Å². The van der Waals surface area contributed by atoms with E-state index in [-0.39, 0.29) is 24.3 Å². The first-order chi connectivity index (χ1) is 9.06. The Morgan fingerprint density at radius 3 is 2.68 bits per heavy atom. The van der Waals surface area contributed by atoms with Crippen LogP contribution in [0.25, 0.3) is 0 Å². The first-order valence-electron chi connectivity index (χ1n) is 6.25. The zero-order valence-electron chi connectivity index (χ0n) is 10.5. The van der Waals surface area contributed by atoms with E-state index in [4.69, 9.17) is 5.11 Å². The summed E-state index contributed by atoms with van der Waals surface area (Å²) >= 11 is 0. The number of aryl methyl sites for hydroxylation is 1. The highest BCUT2D eigenvalue weighted by Gasteiger charge is 2.51. The molecule has 0 radical (unpaired) electrons. The van der Waals surface area contributed by atoms with Crippen molar-refractivity contribution in [3.05, 3.63) is 35.4 Å². The predicted molar refractivity (Wildman–Crippen MR) is 68.7 cm³/mol. The molecule has 0 saturated heterocycles. The van der Waals surface area contributed by atoms with Gasteiger partial charge in [-0.05, 0) is 18.9 Å². The largest absolute Gasteiger partial charge is 0.480 e. The van der Waals surface area contributed by atoms with Crippen LogP contribution in [-0.4, -0.2) is 34.2 Å². The molecule has 1 aromatic carbocycles. The standard InChI is InChI=1S/C14H14N2O3/c1-8-2-4-9(5-3-8)13-10-6-11(10)14(19)16(15-13)7-12(17)18/h2-5,10-11H,6-7H2,1H3,(H,17,18)/t10-,11-/m0/s1. The van der Waals surface area contributed by atoms with E-state index in [1.807, 2.05) is 31.2 Å². The van der Waals surface area contributed by atoms with Gasteiger partial charge in [-0.15, -0.1) is 0 Å². The third-order valence-electron chi connectivity index (χ3n) is 3.57. The van der Waals surface area contributed by atoms with Crippen LogP contribution in [0.2, 0.25) is 0 Å². The number of aliphatic carboxylic acids is 1. The van der Waals surface area contributed by atoms with Gasteiger partial charge in [0.1, 0.15) is 6.54 Å². The van der Waals surface area contributed by atoms with Crippen LogP contribution in [0.3, 0.4) is 0 Å². The van der Waals surface area contributed by atoms with Crippen LogP contribution in [0, 0.1) is 18.8 Å². The van der Waals surface area contributed by atoms with Crippen molar-refractivity contribution in [1.82, 2.24) is 5.01 Å². The highest BCUT2D eigenvalue weighted by molar-refractivity contribution is 6.09. The molecule has 1 N–H and O–H groups in total. The van der Waals surface area contributed by atoms with Gasteiger partial charge in [0, 0.05) is 11.8 Å². The monoisotopic (exact) mass is 258 g/mol. The molecule has 0 aromatic heterocycles. The molecule has 1 amide bonds. The number of benzene rings is 1. The smallest absolute Gasteiger partial charge is 0.325 e. The minimum Gasteiger partial charge on any atom is -0.480 e. The fraction of sp³-hybridized carbons (Fsp3) is 0.357. The Morgan fingerprint density at radius 1 is 1.37 bits per heavy atom. The molecule has 2 aliphatic rings. The minimum absolute atomic E-state index is 0.0758. The van der Waals surface area contributed by atoms with E-state index in [1.165, 1.54) is 0 Å². The molecule has 1 aliphatic heterocycles. The Bertz CT molecular complexity index is 577. The predicted octanol–water partition coefficient (Wildman–Crippen LogP) is 1.26. The molecule has 1 heterocycles. The van der Waals surface area contributed by atoms with Crippen molar-refractivity contribution in [1.29, 1.82) is 0 Å². The SMILES string of the molecule is Cc1ccc(C2=NN(CC(=O)O)C(=O)[C@H]3C[C@H]23)cc1. The normalized spacial score (nSPS) is 24.8. The van der Waals surface area contributed by atoms with E-state index in [0.29, 0.717) is 0 Å². The van der Waals surface area contributed by atoms with Crippen molar-refractivity contribution in [2.75, 3.05) is 6.54 Å². The van der Waals surface area contributed by atoms with Gasteiger partial charge >= 0.3 is 5.97 Å². The summed E-state index contributed by atoms with van der Waals surface area (Å²) in [5.74, 6) is -1.11. The second-order valence-electron chi connectivity index (χ2n) is 5.09. The number of nitrogens with zero attached hydrogens (tertiary/aromatic N) is 2. The summed E-state index contributed by atoms with van der Waals surface area (Å²) in [5, 5.41) is 14.1. The average molecular weight is 258 g/mol. The van der Waals surface area contributed by atoms with Crippen LogP contribution >= 0.6 is 0 Å². The molecule has 3 rings (SSSR count). The highest BCUT2D eigenvalue weighted by atomic mass is 16.4. The molecule has 5 nitrogen and oxygen atoms in total. The number of fused-ring (bicyclic) bond motifs is 1. The number of hydrazone groups is 1. The molecule has 98 valence electrons. The van der Waals surface area contributed by atoms with Crippen molar-refractivity contribution in [2.45, 2.75) is 13.3 Å². The summed E-state index contributed by atoms with van der Waals surface area (Å²) in [6.07, 6.45) is 0.779. The number of carboxylic acid groups (broad SMARTS) is 1. The molecule has 1 aromatic rings. The number of carbonyl (C=O) groups is 2. The number of hydrogen-bond acceptors (Lipinski definition) is 3. The molecule has 0 spiro atoms. The molecule has 1 saturated carbocycles. The summed E-state index contributed by atoms with van der Waals surface area (Å²) < 4.78 is 0. The van der Waals surface area contributed by atoms with E-state index in [2.05, 4.69) is 5.10 Å². The van der Waals surface area contributed by atoms with Crippen LogP contribution < -0.4 is 0 Å². The van der Waals surface area contributed by atoms with Gasteiger partial charge in [0.15, 0.2) is 0 Å². The molecule has 1 fully saturated rings. The summed E-state index contributed by atoms with van der Waals surface area (Å²) in [6.45, 7) is 1.64. The van der Waals surface area contributed by atoms with Crippen molar-refractivity contribution in [2.24, 2.45) is 16.9 Å². The Balaban J connectivity index is 1.93. The molecule has 5 heteroatoms. The third-order valence-corrected chi connectivity index (χ3v) is 3.57. The molecule has 19 heavy (non-hydrogen) atoms. The summed E-state index contributed by atoms with van der Waals surface area (Å²) in [4.78, 5) is 22.6. The van der Waals surface area contributed by atoms with Gasteiger partial charge in [-0.25, -0.2) is 5.01 Å². The van der Waals surface area contributed by atoms with Gasteiger partial charge < -0.3 is 5.11 Å². The fourth-order valence-corrected chi connectivity index (χ4v) is 2.45. The fourth-order valence-electron chi connectivity index (χ4n) is 2.45. The summed E-state index contributed by atoms with van der Waals surface area (Å²) in [6, 6.07) is 7.93. The van der Waals surface area contributed by atoms with Gasteiger partial charge in [-0.1, -0.05) is 29.8 Å². The quantitative estimate of drug-likeness (QED) is 0.887. The lowest BCUT2D eigenvalue weighted by Gasteiger charge is -2.21. The number of rotatable bonds is 3. The Kier molecular flexibility index (Phi) is 2.62. The molecular formula is C14H14N2O3. The Hall–Kier alpha value is -2.17. The maximum Gasteiger partial charge on any atom is 0.325 e. The topological polar surface area (TPSA) is 70.0 Å². The van der Waals surface area contributed by atoms with Crippen molar-refractivity contribution >= 4 is 17.6 Å². The summed E-state index contributed by atoms with van der Waals surface area (Å²) in [5.41, 5.74) is 2.97. The first-order valence-corrected chi connectivity index (χ1v) is 6.25. The van der Waals surface area contributed by atoms with Crippen molar-refractivity contribution < 1.29 is 14.7 Å². The maximum absolute atomic E-state index is 11.9. The maximum atomic E-state index is 11.9. The van der Waals surface area contributed by atoms with E-state index < -0.39 is 5.97 Å². The summed E-state index contributed by atoms with van der Waals surface area (Å²) in [7, 11) is 0. The van der Waals surface area contributed by atoms with E-state index in [0.717, 1.165) is 28.3 Å². The van der Waals surface area contributed by atoms with Crippen LogP contribution in [0.15, 0.2) is 29.4 Å². The lowest BCUT2D eigenvalue weighted by molar-refractivity contribution is -0.145. The van der Waals surface area contributed by atoms with Gasteiger partial charge in [0.25, 0.3) is 0 Å². The van der Waals surface area contributed by atoms with E-state index in [9.17, 15) is 9.59 Å². The van der Waals surface area contributed by atoms with Crippen LogP contribution in [0.4, 0.5) is 0 Å². The number of amides is 1. The molecule has 0 unspecified atom stereocenters. The van der Waals surface area contributed by atoms with Gasteiger partial charge in [-0.3, -0.25) is 9.59 Å². The molecule has 1 aliphatic carbocycles. The molecular weight excluding hydrogens is 244 g/mol. The first kappa shape index (κ1) is 11.9. The molecule has 2 atom stereocenters. The second-order valence-corrected chi connectivity index (χ2v) is 5.09. The van der Waals surface area contributed by atoms with Gasteiger partial charge in [-0.2, -0.15) is 5.10 Å². The second kappa shape index (κ2) is 4.19. The van der Waals surface area contributed by atoms with Crippen molar-refractivity contribution in [3.63, 3.8) is 0 Å². The zero-order valence-corrected chi connectivity index (χ0v) is 10.5. The third kappa shape index (κ3) is 2.12. The highest BCUT2D eigenvalue weighted by Crippen LogP contribution is 2.45. The Labute approximate surface area is 110 Å². The lowest BCUT2D eigenvalue weighted by Crippen LogP contribution is -2.37. The van der Waals surface area contributed by atoms with Crippen LogP contribution in [0.1, 0.15) is 17.5 Å². The molecule has 0 bridgehead atoms. The number of carboxylic acids is 1. The van der Waals surface area contributed by atoms with Crippen molar-refractivity contribution in [3.8, 4) is 0 Å². The zero-order chi connectivity index (χ0) is 13.6. The average Bonchev–Trinajstić information content (AvgIpc) is 3.14. The number of carbonyl (C=O) groups excluding carboxylic acids is 1. The Morgan fingerprint density at radius 2 is 2.05 bits per heavy atom. The van der Waals surface area contributed by atoms with E-state index >= 15 is 0 Å². The van der Waals surface area contributed by atoms with Crippen LogP contribution in [-0.2, 0) is 9.59 Å². The lowest BCUT2D eigenvalue weighted by atomic mass is 10.0. The number of hydrogen-bond donors (Lipinski definition) is 1.